The third kappa shape index (κ3) is 5.16. The third-order valence-electron chi connectivity index (χ3n) is 2.02. The molecule has 0 aliphatic rings. The summed E-state index contributed by atoms with van der Waals surface area (Å²) >= 11 is 6.06. The van der Waals surface area contributed by atoms with Crippen LogP contribution in [0.15, 0.2) is 30.3 Å². The van der Waals surface area contributed by atoms with E-state index in [9.17, 15) is 8.42 Å². The Morgan fingerprint density at radius 3 is 2.40 bits per heavy atom. The van der Waals surface area contributed by atoms with Crippen LogP contribution in [0.2, 0.25) is 0 Å². The Hall–Kier alpha value is -0.580. The topological polar surface area (TPSA) is 54.4 Å². The average molecular weight is 249 g/mol. The number of rotatable bonds is 5. The van der Waals surface area contributed by atoms with Gasteiger partial charge in [0.2, 0.25) is 0 Å². The van der Waals surface area contributed by atoms with Gasteiger partial charge in [-0.05, 0) is 18.4 Å². The predicted molar refractivity (Wildman–Crippen MR) is 60.7 cm³/mol. The second kappa shape index (κ2) is 5.49. The van der Waals surface area contributed by atoms with Crippen LogP contribution in [-0.2, 0) is 10.1 Å². The minimum atomic E-state index is -3.86. The molecule has 0 saturated carbocycles. The fourth-order valence-electron chi connectivity index (χ4n) is 1.27. The number of alkyl halides is 1. The van der Waals surface area contributed by atoms with E-state index >= 15 is 0 Å². The highest BCUT2D eigenvalue weighted by molar-refractivity contribution is 7.85. The fourth-order valence-corrected chi connectivity index (χ4v) is 2.10. The van der Waals surface area contributed by atoms with Crippen LogP contribution in [0.1, 0.15) is 23.8 Å². The molecule has 0 radical (unpaired) electrons. The quantitative estimate of drug-likeness (QED) is 0.644. The summed E-state index contributed by atoms with van der Waals surface area (Å²) in [5, 5.41) is -0.201. The van der Waals surface area contributed by atoms with E-state index in [1.54, 1.807) is 0 Å². The summed E-state index contributed by atoms with van der Waals surface area (Å²) in [6.07, 6.45) is 0.896. The van der Waals surface area contributed by atoms with Gasteiger partial charge in [0.25, 0.3) is 10.1 Å². The van der Waals surface area contributed by atoms with Gasteiger partial charge in [0.05, 0.1) is 11.1 Å². The van der Waals surface area contributed by atoms with Crippen molar-refractivity contribution in [2.45, 2.75) is 18.2 Å². The molecule has 1 N–H and O–H groups in total. The first kappa shape index (κ1) is 12.5. The van der Waals surface area contributed by atoms with E-state index in [-0.39, 0.29) is 11.1 Å². The first-order valence-corrected chi connectivity index (χ1v) is 6.68. The lowest BCUT2D eigenvalue weighted by atomic mass is 10.1. The maximum absolute atomic E-state index is 10.5. The molecule has 84 valence electrons. The van der Waals surface area contributed by atoms with Crippen LogP contribution in [-0.4, -0.2) is 18.7 Å². The van der Waals surface area contributed by atoms with Crippen LogP contribution in [0.3, 0.4) is 0 Å². The van der Waals surface area contributed by atoms with Crippen molar-refractivity contribution < 1.29 is 13.0 Å². The molecular formula is C10H13ClO3S. The zero-order valence-electron chi connectivity index (χ0n) is 8.14. The summed E-state index contributed by atoms with van der Waals surface area (Å²) in [5.41, 5.74) is 0.967. The Morgan fingerprint density at radius 1 is 1.27 bits per heavy atom. The van der Waals surface area contributed by atoms with Gasteiger partial charge in [0, 0.05) is 0 Å². The molecule has 5 heteroatoms. The Bertz CT molecular complexity index is 388. The second-order valence-electron chi connectivity index (χ2n) is 3.31. The molecule has 15 heavy (non-hydrogen) atoms. The highest BCUT2D eigenvalue weighted by Crippen LogP contribution is 2.25. The highest BCUT2D eigenvalue weighted by atomic mass is 35.5. The van der Waals surface area contributed by atoms with E-state index in [1.165, 1.54) is 0 Å². The fraction of sp³-hybridized carbons (Fsp3) is 0.400. The molecule has 0 aliphatic carbocycles. The predicted octanol–water partition coefficient (Wildman–Crippen LogP) is 2.63. The Balaban J connectivity index is 2.41. The minimum absolute atomic E-state index is 0.201. The zero-order valence-corrected chi connectivity index (χ0v) is 9.71. The molecule has 3 nitrogen and oxygen atoms in total. The Kier molecular flexibility index (Phi) is 4.57. The molecule has 0 saturated heterocycles. The molecule has 0 aromatic heterocycles. The summed E-state index contributed by atoms with van der Waals surface area (Å²) in [7, 11) is -3.86. The van der Waals surface area contributed by atoms with Crippen molar-refractivity contribution in [3.63, 3.8) is 0 Å². The lowest BCUT2D eigenvalue weighted by molar-refractivity contribution is 0.480. The van der Waals surface area contributed by atoms with Crippen molar-refractivity contribution in [3.05, 3.63) is 35.9 Å². The minimum Gasteiger partial charge on any atom is -0.286 e. The van der Waals surface area contributed by atoms with Crippen molar-refractivity contribution in [1.82, 2.24) is 0 Å². The van der Waals surface area contributed by atoms with Crippen LogP contribution >= 0.6 is 11.6 Å². The molecule has 0 bridgehead atoms. The lowest BCUT2D eigenvalue weighted by Gasteiger charge is -2.08. The average Bonchev–Trinajstić information content (AvgIpc) is 2.17. The summed E-state index contributed by atoms with van der Waals surface area (Å²) in [6.45, 7) is 0. The maximum atomic E-state index is 10.5. The Labute approximate surface area is 94.8 Å². The standard InChI is InChI=1S/C10H13ClO3S/c11-10(7-4-8-15(12,13)14)9-5-2-1-3-6-9/h1-3,5-6,10H,4,7-8H2,(H,12,13,14). The second-order valence-corrected chi connectivity index (χ2v) is 5.41. The summed E-state index contributed by atoms with van der Waals surface area (Å²) in [6, 6.07) is 9.45. The number of benzene rings is 1. The zero-order chi connectivity index (χ0) is 11.3. The molecule has 1 aromatic carbocycles. The normalized spacial score (nSPS) is 13.7. The van der Waals surface area contributed by atoms with Crippen LogP contribution in [0.5, 0.6) is 0 Å². The van der Waals surface area contributed by atoms with Gasteiger partial charge < -0.3 is 0 Å². The van der Waals surface area contributed by atoms with Gasteiger partial charge in [0.15, 0.2) is 0 Å². The molecule has 0 heterocycles. The van der Waals surface area contributed by atoms with Gasteiger partial charge in [-0.1, -0.05) is 30.3 Å². The molecule has 0 aliphatic heterocycles. The molecule has 1 rings (SSSR count). The molecule has 1 aromatic rings. The maximum Gasteiger partial charge on any atom is 0.264 e. The number of hydrogen-bond donors (Lipinski definition) is 1. The number of hydrogen-bond acceptors (Lipinski definition) is 2. The van der Waals surface area contributed by atoms with Gasteiger partial charge >= 0.3 is 0 Å². The third-order valence-corrected chi connectivity index (χ3v) is 3.30. The molecule has 1 unspecified atom stereocenters. The summed E-state index contributed by atoms with van der Waals surface area (Å²) < 4.78 is 29.5. The van der Waals surface area contributed by atoms with Crippen LogP contribution in [0.4, 0.5) is 0 Å². The van der Waals surface area contributed by atoms with Crippen LogP contribution < -0.4 is 0 Å². The van der Waals surface area contributed by atoms with Gasteiger partial charge in [-0.25, -0.2) is 0 Å². The smallest absolute Gasteiger partial charge is 0.264 e. The highest BCUT2D eigenvalue weighted by Gasteiger charge is 2.10. The molecule has 0 amide bonds. The van der Waals surface area contributed by atoms with Crippen LogP contribution in [0, 0.1) is 0 Å². The first-order valence-electron chi connectivity index (χ1n) is 4.63. The Morgan fingerprint density at radius 2 is 1.87 bits per heavy atom. The molecule has 0 fully saturated rings. The van der Waals surface area contributed by atoms with Crippen molar-refractivity contribution in [3.8, 4) is 0 Å². The first-order chi connectivity index (χ1) is 6.99. The van der Waals surface area contributed by atoms with Gasteiger partial charge in [0.1, 0.15) is 0 Å². The van der Waals surface area contributed by atoms with E-state index < -0.39 is 10.1 Å². The van der Waals surface area contributed by atoms with Gasteiger partial charge in [-0.15, -0.1) is 11.6 Å². The van der Waals surface area contributed by atoms with Crippen molar-refractivity contribution in [1.29, 1.82) is 0 Å². The van der Waals surface area contributed by atoms with Crippen molar-refractivity contribution >= 4 is 21.7 Å². The van der Waals surface area contributed by atoms with Crippen molar-refractivity contribution in [2.75, 3.05) is 5.75 Å². The summed E-state index contributed by atoms with van der Waals surface area (Å²) in [4.78, 5) is 0. The van der Waals surface area contributed by atoms with E-state index in [4.69, 9.17) is 16.2 Å². The van der Waals surface area contributed by atoms with E-state index in [1.807, 2.05) is 30.3 Å². The molecule has 1 atom stereocenters. The van der Waals surface area contributed by atoms with E-state index in [0.717, 1.165) is 5.56 Å². The van der Waals surface area contributed by atoms with Crippen molar-refractivity contribution in [2.24, 2.45) is 0 Å². The SMILES string of the molecule is O=S(=O)(O)CCCC(Cl)c1ccccc1. The monoisotopic (exact) mass is 248 g/mol. The van der Waals surface area contributed by atoms with Crippen LogP contribution in [0.25, 0.3) is 0 Å². The van der Waals surface area contributed by atoms with Gasteiger partial charge in [-0.2, -0.15) is 8.42 Å². The van der Waals surface area contributed by atoms with E-state index in [2.05, 4.69) is 0 Å². The summed E-state index contributed by atoms with van der Waals surface area (Å²) in [5.74, 6) is -0.233. The molecule has 0 spiro atoms. The van der Waals surface area contributed by atoms with E-state index in [0.29, 0.717) is 12.8 Å². The number of halogens is 1. The molecular weight excluding hydrogens is 236 g/mol. The van der Waals surface area contributed by atoms with Gasteiger partial charge in [-0.3, -0.25) is 4.55 Å². The largest absolute Gasteiger partial charge is 0.286 e. The lowest BCUT2D eigenvalue weighted by Crippen LogP contribution is -2.04.